The highest BCUT2D eigenvalue weighted by Crippen LogP contribution is 2.35. The van der Waals surface area contributed by atoms with Crippen LogP contribution in [0.5, 0.6) is 0 Å². The van der Waals surface area contributed by atoms with Gasteiger partial charge in [0.15, 0.2) is 0 Å². The molecule has 1 aromatic carbocycles. The summed E-state index contributed by atoms with van der Waals surface area (Å²) in [7, 11) is 0. The number of benzene rings is 1. The van der Waals surface area contributed by atoms with Crippen molar-refractivity contribution in [3.63, 3.8) is 0 Å². The number of halogens is 1. The van der Waals surface area contributed by atoms with E-state index in [-0.39, 0.29) is 17.2 Å². The van der Waals surface area contributed by atoms with E-state index >= 15 is 0 Å². The molecule has 1 heterocycles. The lowest BCUT2D eigenvalue weighted by atomic mass is 9.81. The Balaban J connectivity index is 2.36. The molecule has 0 saturated carbocycles. The van der Waals surface area contributed by atoms with Crippen LogP contribution in [-0.2, 0) is 9.59 Å². The van der Waals surface area contributed by atoms with Gasteiger partial charge in [-0.3, -0.25) is 14.5 Å². The first-order chi connectivity index (χ1) is 8.30. The smallest absolute Gasteiger partial charge is 0.234 e. The Hall–Kier alpha value is -1.55. The lowest BCUT2D eigenvalue weighted by molar-refractivity contribution is -0.132. The Morgan fingerprint density at radius 3 is 2.28 bits per heavy atom. The zero-order chi connectivity index (χ0) is 13.5. The summed E-state index contributed by atoms with van der Waals surface area (Å²) in [6.07, 6.45) is 0.697. The number of rotatable bonds is 1. The van der Waals surface area contributed by atoms with Crippen LogP contribution in [0.25, 0.3) is 0 Å². The van der Waals surface area contributed by atoms with Gasteiger partial charge in [0.25, 0.3) is 0 Å². The zero-order valence-corrected chi connectivity index (χ0v) is 11.1. The van der Waals surface area contributed by atoms with Crippen molar-refractivity contribution in [3.05, 3.63) is 23.2 Å². The molecule has 18 heavy (non-hydrogen) atoms. The summed E-state index contributed by atoms with van der Waals surface area (Å²) in [6.45, 7) is 3.83. The molecule has 0 aliphatic carbocycles. The van der Waals surface area contributed by atoms with Crippen molar-refractivity contribution in [1.29, 1.82) is 0 Å². The Morgan fingerprint density at radius 1 is 1.22 bits per heavy atom. The third-order valence-electron chi connectivity index (χ3n) is 3.00. The van der Waals surface area contributed by atoms with Crippen molar-refractivity contribution in [2.45, 2.75) is 26.7 Å². The number of hydrogen-bond donors (Lipinski definition) is 1. The second-order valence-corrected chi connectivity index (χ2v) is 5.75. The number of nitrogens with two attached hydrogens (primary N) is 1. The van der Waals surface area contributed by atoms with Crippen LogP contribution in [0.3, 0.4) is 0 Å². The Kier molecular flexibility index (Phi) is 3.07. The van der Waals surface area contributed by atoms with Crippen LogP contribution in [0.2, 0.25) is 5.02 Å². The molecule has 1 aliphatic rings. The maximum absolute atomic E-state index is 12.0. The average Bonchev–Trinajstić information content (AvgIpc) is 2.20. The number of anilines is 2. The lowest BCUT2D eigenvalue weighted by Crippen LogP contribution is -2.46. The molecule has 0 aromatic heterocycles. The fraction of sp³-hybridized carbons (Fsp3) is 0.385. The molecular weight excluding hydrogens is 252 g/mol. The van der Waals surface area contributed by atoms with Gasteiger partial charge in [-0.05, 0) is 23.6 Å². The SMILES string of the molecule is CC1(C)CC(=O)N(c2ccc(Cl)c(N)c2)C(=O)C1. The predicted octanol–water partition coefficient (Wildman–Crippen LogP) is 2.60. The summed E-state index contributed by atoms with van der Waals surface area (Å²) in [6, 6.07) is 4.77. The molecular formula is C13H15ClN2O2. The standard InChI is InChI=1S/C13H15ClN2O2/c1-13(2)6-11(17)16(12(18)7-13)8-3-4-9(14)10(15)5-8/h3-5H,6-7,15H2,1-2H3. The molecule has 0 radical (unpaired) electrons. The molecule has 4 nitrogen and oxygen atoms in total. The Labute approximate surface area is 111 Å². The lowest BCUT2D eigenvalue weighted by Gasteiger charge is -2.34. The first-order valence-electron chi connectivity index (χ1n) is 5.71. The summed E-state index contributed by atoms with van der Waals surface area (Å²) < 4.78 is 0. The summed E-state index contributed by atoms with van der Waals surface area (Å²) in [5, 5.41) is 0.413. The van der Waals surface area contributed by atoms with Crippen molar-refractivity contribution in [3.8, 4) is 0 Å². The molecule has 2 N–H and O–H groups in total. The monoisotopic (exact) mass is 266 g/mol. The summed E-state index contributed by atoms with van der Waals surface area (Å²) >= 11 is 5.82. The van der Waals surface area contributed by atoms with Gasteiger partial charge in [-0.1, -0.05) is 25.4 Å². The van der Waals surface area contributed by atoms with Gasteiger partial charge in [0, 0.05) is 12.8 Å². The van der Waals surface area contributed by atoms with E-state index in [9.17, 15) is 9.59 Å². The summed E-state index contributed by atoms with van der Waals surface area (Å²) in [5.74, 6) is -0.393. The number of nitrogen functional groups attached to an aromatic ring is 1. The van der Waals surface area contributed by atoms with Gasteiger partial charge < -0.3 is 5.73 Å². The maximum Gasteiger partial charge on any atom is 0.234 e. The fourth-order valence-electron chi connectivity index (χ4n) is 2.14. The average molecular weight is 267 g/mol. The van der Waals surface area contributed by atoms with E-state index in [1.165, 1.54) is 4.90 Å². The number of hydrogen-bond acceptors (Lipinski definition) is 3. The van der Waals surface area contributed by atoms with Crippen molar-refractivity contribution in [2.75, 3.05) is 10.6 Å². The zero-order valence-electron chi connectivity index (χ0n) is 10.4. The minimum atomic E-state index is -0.275. The molecule has 2 rings (SSSR count). The van der Waals surface area contributed by atoms with Gasteiger partial charge in [0.2, 0.25) is 11.8 Å². The number of amides is 2. The van der Waals surface area contributed by atoms with E-state index in [2.05, 4.69) is 0 Å². The summed E-state index contributed by atoms with van der Waals surface area (Å²) in [5.41, 5.74) is 6.26. The van der Waals surface area contributed by atoms with E-state index in [0.29, 0.717) is 29.2 Å². The topological polar surface area (TPSA) is 63.4 Å². The van der Waals surface area contributed by atoms with E-state index in [4.69, 9.17) is 17.3 Å². The van der Waals surface area contributed by atoms with Gasteiger partial charge in [0.05, 0.1) is 16.4 Å². The van der Waals surface area contributed by atoms with Crippen molar-refractivity contribution in [1.82, 2.24) is 0 Å². The minimum Gasteiger partial charge on any atom is -0.397 e. The molecule has 5 heteroatoms. The van der Waals surface area contributed by atoms with Crippen LogP contribution in [0, 0.1) is 5.41 Å². The van der Waals surface area contributed by atoms with E-state index in [0.717, 1.165) is 0 Å². The number of imide groups is 1. The Morgan fingerprint density at radius 2 is 1.78 bits per heavy atom. The third-order valence-corrected chi connectivity index (χ3v) is 3.34. The van der Waals surface area contributed by atoms with Crippen LogP contribution in [0.15, 0.2) is 18.2 Å². The fourth-order valence-corrected chi connectivity index (χ4v) is 2.25. The summed E-state index contributed by atoms with van der Waals surface area (Å²) in [4.78, 5) is 25.3. The molecule has 96 valence electrons. The molecule has 0 unspecified atom stereocenters. The predicted molar refractivity (Wildman–Crippen MR) is 71.4 cm³/mol. The van der Waals surface area contributed by atoms with Gasteiger partial charge >= 0.3 is 0 Å². The highest BCUT2D eigenvalue weighted by Gasteiger charge is 2.38. The van der Waals surface area contributed by atoms with Crippen molar-refractivity contribution < 1.29 is 9.59 Å². The number of carbonyl (C=O) groups is 2. The van der Waals surface area contributed by atoms with Gasteiger partial charge in [-0.25, -0.2) is 0 Å². The first-order valence-corrected chi connectivity index (χ1v) is 6.09. The molecule has 1 saturated heterocycles. The highest BCUT2D eigenvalue weighted by atomic mass is 35.5. The van der Waals surface area contributed by atoms with Crippen LogP contribution in [0.1, 0.15) is 26.7 Å². The van der Waals surface area contributed by atoms with Gasteiger partial charge in [-0.15, -0.1) is 0 Å². The van der Waals surface area contributed by atoms with E-state index < -0.39 is 0 Å². The van der Waals surface area contributed by atoms with Crippen LogP contribution < -0.4 is 10.6 Å². The highest BCUT2D eigenvalue weighted by molar-refractivity contribution is 6.33. The molecule has 0 spiro atoms. The first kappa shape index (κ1) is 12.9. The Bertz CT molecular complexity index is 506. The second kappa shape index (κ2) is 4.28. The molecule has 0 atom stereocenters. The van der Waals surface area contributed by atoms with Crippen molar-refractivity contribution >= 4 is 34.8 Å². The van der Waals surface area contributed by atoms with Gasteiger partial charge in [0.1, 0.15) is 0 Å². The molecule has 1 aliphatic heterocycles. The van der Waals surface area contributed by atoms with Crippen LogP contribution in [-0.4, -0.2) is 11.8 Å². The number of nitrogens with zero attached hydrogens (tertiary/aromatic N) is 1. The minimum absolute atomic E-state index is 0.196. The van der Waals surface area contributed by atoms with Crippen LogP contribution in [0.4, 0.5) is 11.4 Å². The van der Waals surface area contributed by atoms with Crippen molar-refractivity contribution in [2.24, 2.45) is 5.41 Å². The number of carbonyl (C=O) groups excluding carboxylic acids is 2. The quantitative estimate of drug-likeness (QED) is 0.628. The van der Waals surface area contributed by atoms with Crippen LogP contribution >= 0.6 is 11.6 Å². The maximum atomic E-state index is 12.0. The van der Waals surface area contributed by atoms with E-state index in [1.807, 2.05) is 13.8 Å². The molecule has 1 aromatic rings. The largest absolute Gasteiger partial charge is 0.397 e. The third kappa shape index (κ3) is 2.34. The van der Waals surface area contributed by atoms with Gasteiger partial charge in [-0.2, -0.15) is 0 Å². The molecule has 0 bridgehead atoms. The molecule has 1 fully saturated rings. The van der Waals surface area contributed by atoms with E-state index in [1.54, 1.807) is 18.2 Å². The second-order valence-electron chi connectivity index (χ2n) is 5.35. The number of piperidine rings is 1. The molecule has 2 amide bonds. The normalized spacial score (nSPS) is 19.2.